The molecule has 0 aliphatic carbocycles. The van der Waals surface area contributed by atoms with Gasteiger partial charge in [-0.15, -0.1) is 0 Å². The van der Waals surface area contributed by atoms with Crippen molar-refractivity contribution in [3.63, 3.8) is 0 Å². The summed E-state index contributed by atoms with van der Waals surface area (Å²) in [5, 5.41) is 14.0. The molecule has 3 unspecified atom stereocenters. The standard InChI is InChI=1S/C79H147N2O6P/c1-6-8-10-12-14-16-18-20-22-24-26-28-30-32-34-35-36-37-38-39-40-41-42-43-44-45-47-49-51-53-55-57-59-61-63-65-67-69-71-73-79(83)80-77(76-87-88(84,85)86-75-74-81(3,4)5)78(82)72-70-68-66-64-62-60-58-56-54-52-50-48-46-33-31-29-27-25-23-21-19-17-15-13-11-9-7-2/h8,10,14,16,20,22,26,28,32,34,62,64,70,72,77-78,82H,6-7,9,11-13,15,17-19,21,23-25,27,29-31,33,35-61,63,65-69,71,73-76H2,1-5H3,(H-,80,83,84,85)/p+1/b10-8-,16-14-,22-20-,28-26-,34-32-,64-62+,72-70+. The summed E-state index contributed by atoms with van der Waals surface area (Å²) in [5.74, 6) is -0.181. The quantitative estimate of drug-likeness (QED) is 0.0243. The highest BCUT2D eigenvalue weighted by molar-refractivity contribution is 7.47. The number of quaternary nitrogens is 1. The predicted octanol–water partition coefficient (Wildman–Crippen LogP) is 24.7. The van der Waals surface area contributed by atoms with Gasteiger partial charge in [-0.3, -0.25) is 13.8 Å². The summed E-state index contributed by atoms with van der Waals surface area (Å²) in [4.78, 5) is 23.5. The number of aliphatic hydroxyl groups is 1. The van der Waals surface area contributed by atoms with Crippen LogP contribution in [0.15, 0.2) is 85.1 Å². The molecule has 9 heteroatoms. The molecule has 0 heterocycles. The number of rotatable bonds is 70. The molecule has 3 atom stereocenters. The van der Waals surface area contributed by atoms with E-state index in [4.69, 9.17) is 9.05 Å². The number of carbonyl (C=O) groups is 1. The SMILES string of the molecule is CC/C=C\C/C=C\C/C=C\C/C=C\C/C=C\CCCCCCCCCCCCCCCCCCCCCCCCCC(=O)NC(COP(=O)(O)OCC[N+](C)(C)C)C(O)/C=C/CC/C=C/CCCCCCCCCCCCCCCCCCCCCCC. The Morgan fingerprint density at radius 1 is 0.398 bits per heavy atom. The number of hydrogen-bond acceptors (Lipinski definition) is 5. The number of aliphatic hydroxyl groups excluding tert-OH is 1. The lowest BCUT2D eigenvalue weighted by Gasteiger charge is -2.25. The summed E-state index contributed by atoms with van der Waals surface area (Å²) in [6, 6.07) is -0.867. The van der Waals surface area contributed by atoms with Gasteiger partial charge in [-0.2, -0.15) is 0 Å². The Morgan fingerprint density at radius 2 is 0.693 bits per heavy atom. The van der Waals surface area contributed by atoms with Crippen LogP contribution in [0.4, 0.5) is 0 Å². The molecule has 0 aromatic heterocycles. The number of likely N-dealkylation sites (N-methyl/N-ethyl adjacent to an activating group) is 1. The first kappa shape index (κ1) is 85.7. The molecule has 3 N–H and O–H groups in total. The fourth-order valence-electron chi connectivity index (χ4n) is 11.3. The Morgan fingerprint density at radius 3 is 1.05 bits per heavy atom. The predicted molar refractivity (Wildman–Crippen MR) is 387 cm³/mol. The summed E-state index contributed by atoms with van der Waals surface area (Å²) in [6.45, 7) is 4.73. The summed E-state index contributed by atoms with van der Waals surface area (Å²) >= 11 is 0. The van der Waals surface area contributed by atoms with Crippen LogP contribution in [-0.4, -0.2) is 73.4 Å². The first-order chi connectivity index (χ1) is 43.0. The molecule has 88 heavy (non-hydrogen) atoms. The van der Waals surface area contributed by atoms with Gasteiger partial charge in [-0.25, -0.2) is 4.57 Å². The number of allylic oxidation sites excluding steroid dienone is 13. The van der Waals surface area contributed by atoms with Crippen LogP contribution in [-0.2, 0) is 18.4 Å². The maximum absolute atomic E-state index is 13.1. The Balaban J connectivity index is 4.00. The van der Waals surface area contributed by atoms with Crippen molar-refractivity contribution in [1.82, 2.24) is 5.32 Å². The molecule has 0 aromatic rings. The number of unbranched alkanes of at least 4 members (excludes halogenated alkanes) is 45. The fraction of sp³-hybridized carbons (Fsp3) is 0.810. The van der Waals surface area contributed by atoms with Crippen molar-refractivity contribution in [2.45, 2.75) is 373 Å². The normalized spacial score (nSPS) is 14.0. The molecule has 514 valence electrons. The monoisotopic (exact) mass is 1250 g/mol. The van der Waals surface area contributed by atoms with Crippen molar-refractivity contribution in [3.05, 3.63) is 85.1 Å². The minimum atomic E-state index is -4.37. The highest BCUT2D eigenvalue weighted by Gasteiger charge is 2.28. The van der Waals surface area contributed by atoms with Crippen LogP contribution < -0.4 is 5.32 Å². The largest absolute Gasteiger partial charge is 0.472 e. The number of nitrogens with one attached hydrogen (secondary N) is 1. The van der Waals surface area contributed by atoms with Crippen molar-refractivity contribution in [1.29, 1.82) is 0 Å². The molecule has 0 aliphatic heterocycles. The minimum absolute atomic E-state index is 0.0561. The van der Waals surface area contributed by atoms with Crippen LogP contribution in [0.1, 0.15) is 361 Å². The summed E-state index contributed by atoms with van der Waals surface area (Å²) < 4.78 is 23.8. The third kappa shape index (κ3) is 71.1. The van der Waals surface area contributed by atoms with Crippen molar-refractivity contribution in [3.8, 4) is 0 Å². The van der Waals surface area contributed by atoms with Gasteiger partial charge in [0.05, 0.1) is 39.9 Å². The van der Waals surface area contributed by atoms with Crippen LogP contribution in [0.5, 0.6) is 0 Å². The second kappa shape index (κ2) is 69.0. The smallest absolute Gasteiger partial charge is 0.387 e. The molecule has 0 radical (unpaired) electrons. The van der Waals surface area contributed by atoms with Gasteiger partial charge in [0.1, 0.15) is 13.2 Å². The van der Waals surface area contributed by atoms with Crippen molar-refractivity contribution < 1.29 is 32.9 Å². The number of amides is 1. The molecule has 0 spiro atoms. The second-order valence-electron chi connectivity index (χ2n) is 27.0. The molecular weight excluding hydrogens is 1100 g/mol. The summed E-state index contributed by atoms with van der Waals surface area (Å²) in [6.07, 6.45) is 99.1. The summed E-state index contributed by atoms with van der Waals surface area (Å²) in [7, 11) is 1.57. The van der Waals surface area contributed by atoms with Gasteiger partial charge in [0.25, 0.3) is 0 Å². The lowest BCUT2D eigenvalue weighted by atomic mass is 10.0. The average Bonchev–Trinajstić information content (AvgIpc) is 3.70. The highest BCUT2D eigenvalue weighted by Crippen LogP contribution is 2.43. The van der Waals surface area contributed by atoms with Crippen LogP contribution in [0, 0.1) is 0 Å². The zero-order valence-corrected chi connectivity index (χ0v) is 59.9. The maximum atomic E-state index is 13.1. The van der Waals surface area contributed by atoms with E-state index in [9.17, 15) is 19.4 Å². The number of phosphoric acid groups is 1. The van der Waals surface area contributed by atoms with E-state index in [2.05, 4.69) is 92.1 Å². The Kier molecular flexibility index (Phi) is 67.2. The lowest BCUT2D eigenvalue weighted by molar-refractivity contribution is -0.870. The van der Waals surface area contributed by atoms with E-state index in [0.717, 1.165) is 70.6 Å². The molecule has 0 saturated carbocycles. The molecule has 0 fully saturated rings. The molecule has 1 amide bonds. The van der Waals surface area contributed by atoms with E-state index in [1.807, 2.05) is 27.2 Å². The third-order valence-corrected chi connectivity index (χ3v) is 18.1. The van der Waals surface area contributed by atoms with Crippen LogP contribution >= 0.6 is 7.82 Å². The molecule has 0 aromatic carbocycles. The van der Waals surface area contributed by atoms with E-state index >= 15 is 0 Å². The summed E-state index contributed by atoms with van der Waals surface area (Å²) in [5.41, 5.74) is 0. The lowest BCUT2D eigenvalue weighted by Crippen LogP contribution is -2.45. The van der Waals surface area contributed by atoms with Gasteiger partial charge < -0.3 is 19.8 Å². The first-order valence-electron chi connectivity index (χ1n) is 38.0. The van der Waals surface area contributed by atoms with Gasteiger partial charge in [-0.05, 0) is 77.0 Å². The molecular formula is C79H148N2O6P+. The van der Waals surface area contributed by atoms with Gasteiger partial charge in [0.2, 0.25) is 5.91 Å². The second-order valence-corrected chi connectivity index (χ2v) is 28.4. The van der Waals surface area contributed by atoms with Crippen LogP contribution in [0.3, 0.4) is 0 Å². The van der Waals surface area contributed by atoms with Gasteiger partial charge in [-0.1, -0.05) is 362 Å². The van der Waals surface area contributed by atoms with Crippen molar-refractivity contribution in [2.24, 2.45) is 0 Å². The van der Waals surface area contributed by atoms with E-state index in [1.54, 1.807) is 6.08 Å². The Hall–Kier alpha value is -2.32. The zero-order chi connectivity index (χ0) is 64.1. The first-order valence-corrected chi connectivity index (χ1v) is 39.5. The molecule has 0 rings (SSSR count). The molecule has 0 bridgehead atoms. The van der Waals surface area contributed by atoms with Crippen molar-refractivity contribution >= 4 is 13.7 Å². The minimum Gasteiger partial charge on any atom is -0.387 e. The zero-order valence-electron chi connectivity index (χ0n) is 59.0. The van der Waals surface area contributed by atoms with Crippen LogP contribution in [0.25, 0.3) is 0 Å². The van der Waals surface area contributed by atoms with E-state index in [1.165, 1.54) is 270 Å². The maximum Gasteiger partial charge on any atom is 0.472 e. The number of hydrogen-bond donors (Lipinski definition) is 3. The van der Waals surface area contributed by atoms with E-state index in [-0.39, 0.29) is 19.1 Å². The third-order valence-electron chi connectivity index (χ3n) is 17.1. The fourth-order valence-corrected chi connectivity index (χ4v) is 12.0. The van der Waals surface area contributed by atoms with E-state index in [0.29, 0.717) is 17.4 Å². The highest BCUT2D eigenvalue weighted by atomic mass is 31.2. The van der Waals surface area contributed by atoms with Gasteiger partial charge in [0, 0.05) is 6.42 Å². The number of nitrogens with zero attached hydrogens (tertiary/aromatic N) is 1. The topological polar surface area (TPSA) is 105 Å². The molecule has 0 saturated heterocycles. The Bertz CT molecular complexity index is 1710. The van der Waals surface area contributed by atoms with Crippen molar-refractivity contribution in [2.75, 3.05) is 40.9 Å². The van der Waals surface area contributed by atoms with Gasteiger partial charge >= 0.3 is 7.82 Å². The number of phosphoric ester groups is 1. The average molecular weight is 1250 g/mol. The molecule has 8 nitrogen and oxygen atoms in total. The van der Waals surface area contributed by atoms with E-state index < -0.39 is 20.0 Å². The van der Waals surface area contributed by atoms with Gasteiger partial charge in [0.15, 0.2) is 0 Å². The Labute approximate surface area is 547 Å². The number of carbonyl (C=O) groups excluding carboxylic acids is 1. The van der Waals surface area contributed by atoms with Crippen LogP contribution in [0.2, 0.25) is 0 Å². The molecule has 0 aliphatic rings.